The molecule has 0 radical (unpaired) electrons. The highest BCUT2D eigenvalue weighted by Gasteiger charge is 2.06. The van der Waals surface area contributed by atoms with Gasteiger partial charge in [-0.3, -0.25) is 0 Å². The Morgan fingerprint density at radius 3 is 2.58 bits per heavy atom. The topological polar surface area (TPSA) is 47.3 Å². The maximum atomic E-state index is 5.90. The molecule has 0 saturated carbocycles. The van der Waals surface area contributed by atoms with Gasteiger partial charge >= 0.3 is 0 Å². The van der Waals surface area contributed by atoms with E-state index in [4.69, 9.17) is 22.7 Å². The van der Waals surface area contributed by atoms with Gasteiger partial charge in [-0.15, -0.1) is 0 Å². The second-order valence-electron chi connectivity index (χ2n) is 4.19. The molecule has 0 spiro atoms. The molecule has 1 atom stereocenters. The Bertz CT molecular complexity index is 557. The van der Waals surface area contributed by atoms with Crippen molar-refractivity contribution in [2.24, 2.45) is 5.73 Å². The highest BCUT2D eigenvalue weighted by atomic mass is 32.1. The predicted molar refractivity (Wildman–Crippen MR) is 82.3 cm³/mol. The van der Waals surface area contributed by atoms with Crippen LogP contribution in [-0.4, -0.2) is 5.11 Å². The Morgan fingerprint density at radius 2 is 1.89 bits per heavy atom. The summed E-state index contributed by atoms with van der Waals surface area (Å²) in [7, 11) is 0. The van der Waals surface area contributed by atoms with Crippen LogP contribution in [0, 0.1) is 0 Å². The van der Waals surface area contributed by atoms with E-state index < -0.39 is 0 Å². The van der Waals surface area contributed by atoms with Gasteiger partial charge in [-0.1, -0.05) is 36.4 Å². The Kier molecular flexibility index (Phi) is 4.36. The summed E-state index contributed by atoms with van der Waals surface area (Å²) in [5.74, 6) is 0.776. The zero-order valence-electron chi connectivity index (χ0n) is 10.7. The number of nitrogens with one attached hydrogen (secondary N) is 1. The minimum atomic E-state index is -0.0127. The van der Waals surface area contributed by atoms with Gasteiger partial charge in [-0.2, -0.15) is 0 Å². The molecule has 0 fully saturated rings. The van der Waals surface area contributed by atoms with Gasteiger partial charge in [-0.25, -0.2) is 0 Å². The van der Waals surface area contributed by atoms with Crippen molar-refractivity contribution in [3.8, 4) is 5.75 Å². The minimum Gasteiger partial charge on any atom is -0.486 e. The van der Waals surface area contributed by atoms with E-state index >= 15 is 0 Å². The zero-order valence-corrected chi connectivity index (χ0v) is 11.5. The van der Waals surface area contributed by atoms with Gasteiger partial charge in [0.2, 0.25) is 0 Å². The van der Waals surface area contributed by atoms with E-state index in [1.165, 1.54) is 0 Å². The van der Waals surface area contributed by atoms with E-state index in [0.717, 1.165) is 17.0 Å². The maximum Gasteiger partial charge on any atom is 0.168 e. The largest absolute Gasteiger partial charge is 0.486 e. The number of benzene rings is 2. The van der Waals surface area contributed by atoms with Crippen LogP contribution in [-0.2, 0) is 0 Å². The molecule has 3 N–H and O–H groups in total. The van der Waals surface area contributed by atoms with Crippen molar-refractivity contribution in [1.82, 2.24) is 0 Å². The van der Waals surface area contributed by atoms with Gasteiger partial charge in [0.25, 0.3) is 0 Å². The van der Waals surface area contributed by atoms with E-state index in [0.29, 0.717) is 0 Å². The first-order valence-corrected chi connectivity index (χ1v) is 6.44. The van der Waals surface area contributed by atoms with Crippen LogP contribution >= 0.6 is 12.2 Å². The second-order valence-corrected chi connectivity index (χ2v) is 4.63. The summed E-state index contributed by atoms with van der Waals surface area (Å²) in [6.45, 7) is 2.02. The SMILES string of the molecule is C[C@H](Oc1cccc(NC(N)=S)c1)c1ccccc1. The maximum absolute atomic E-state index is 5.90. The van der Waals surface area contributed by atoms with Gasteiger partial charge in [0, 0.05) is 11.8 Å². The van der Waals surface area contributed by atoms with Crippen LogP contribution < -0.4 is 15.8 Å². The third kappa shape index (κ3) is 3.96. The molecule has 0 aliphatic heterocycles. The molecule has 4 heteroatoms. The van der Waals surface area contributed by atoms with Crippen molar-refractivity contribution < 1.29 is 4.74 Å². The third-order valence-corrected chi connectivity index (χ3v) is 2.79. The van der Waals surface area contributed by atoms with Crippen LogP contribution in [0.25, 0.3) is 0 Å². The lowest BCUT2D eigenvalue weighted by molar-refractivity contribution is 0.227. The molecule has 0 bridgehead atoms. The zero-order chi connectivity index (χ0) is 13.7. The molecular weight excluding hydrogens is 256 g/mol. The summed E-state index contributed by atoms with van der Waals surface area (Å²) in [6.07, 6.45) is -0.0127. The Morgan fingerprint density at radius 1 is 1.16 bits per heavy atom. The number of thiocarbonyl (C=S) groups is 1. The lowest BCUT2D eigenvalue weighted by atomic mass is 10.1. The molecule has 98 valence electrons. The van der Waals surface area contributed by atoms with E-state index in [1.807, 2.05) is 61.5 Å². The average Bonchev–Trinajstić information content (AvgIpc) is 2.39. The fraction of sp³-hybridized carbons (Fsp3) is 0.133. The fourth-order valence-electron chi connectivity index (χ4n) is 1.79. The highest BCUT2D eigenvalue weighted by molar-refractivity contribution is 7.80. The molecule has 19 heavy (non-hydrogen) atoms. The molecule has 0 heterocycles. The minimum absolute atomic E-state index is 0.0127. The van der Waals surface area contributed by atoms with Crippen molar-refractivity contribution >= 4 is 23.0 Å². The second kappa shape index (κ2) is 6.20. The first-order chi connectivity index (χ1) is 9.15. The summed E-state index contributed by atoms with van der Waals surface area (Å²) in [5.41, 5.74) is 7.41. The first kappa shape index (κ1) is 13.4. The van der Waals surface area contributed by atoms with Gasteiger partial charge in [0.05, 0.1) is 0 Å². The first-order valence-electron chi connectivity index (χ1n) is 6.03. The van der Waals surface area contributed by atoms with Crippen molar-refractivity contribution in [1.29, 1.82) is 0 Å². The quantitative estimate of drug-likeness (QED) is 0.837. The molecule has 3 nitrogen and oxygen atoms in total. The van der Waals surface area contributed by atoms with Crippen LogP contribution in [0.2, 0.25) is 0 Å². The van der Waals surface area contributed by atoms with Crippen molar-refractivity contribution in [2.75, 3.05) is 5.32 Å². The third-order valence-electron chi connectivity index (χ3n) is 2.68. The van der Waals surface area contributed by atoms with E-state index in [1.54, 1.807) is 0 Å². The number of rotatable bonds is 4. The summed E-state index contributed by atoms with van der Waals surface area (Å²) in [6, 6.07) is 17.6. The molecule has 0 saturated heterocycles. The Hall–Kier alpha value is -2.07. The monoisotopic (exact) mass is 272 g/mol. The molecule has 0 unspecified atom stereocenters. The van der Waals surface area contributed by atoms with Crippen LogP contribution in [0.5, 0.6) is 5.75 Å². The summed E-state index contributed by atoms with van der Waals surface area (Å²) < 4.78 is 5.90. The standard InChI is InChI=1S/C15H16N2OS/c1-11(12-6-3-2-4-7-12)18-14-9-5-8-13(10-14)17-15(16)19/h2-11H,1H3,(H3,16,17,19)/t11-/m0/s1. The Balaban J connectivity index is 2.08. The molecule has 0 aliphatic carbocycles. The van der Waals surface area contributed by atoms with Gasteiger partial charge in [0.1, 0.15) is 11.9 Å². The van der Waals surface area contributed by atoms with Crippen LogP contribution in [0.15, 0.2) is 54.6 Å². The van der Waals surface area contributed by atoms with Crippen LogP contribution in [0.1, 0.15) is 18.6 Å². The molecule has 2 rings (SSSR count). The number of hydrogen-bond donors (Lipinski definition) is 2. The molecule has 0 amide bonds. The highest BCUT2D eigenvalue weighted by Crippen LogP contribution is 2.24. The number of anilines is 1. The summed E-state index contributed by atoms with van der Waals surface area (Å²) in [4.78, 5) is 0. The summed E-state index contributed by atoms with van der Waals surface area (Å²) in [5, 5.41) is 3.13. The molecule has 0 aliphatic rings. The fourth-order valence-corrected chi connectivity index (χ4v) is 1.90. The average molecular weight is 272 g/mol. The number of nitrogens with two attached hydrogens (primary N) is 1. The molecule has 2 aromatic rings. The predicted octanol–water partition coefficient (Wildman–Crippen LogP) is 3.48. The molecular formula is C15H16N2OS. The molecule has 0 aromatic heterocycles. The van der Waals surface area contributed by atoms with Crippen LogP contribution in [0.3, 0.4) is 0 Å². The molecule has 2 aromatic carbocycles. The smallest absolute Gasteiger partial charge is 0.168 e. The lowest BCUT2D eigenvalue weighted by Crippen LogP contribution is -2.18. The van der Waals surface area contributed by atoms with E-state index in [-0.39, 0.29) is 11.2 Å². The number of hydrogen-bond acceptors (Lipinski definition) is 2. The number of ether oxygens (including phenoxy) is 1. The van der Waals surface area contributed by atoms with E-state index in [9.17, 15) is 0 Å². The normalized spacial score (nSPS) is 11.6. The Labute approximate surface area is 118 Å². The van der Waals surface area contributed by atoms with Gasteiger partial charge in [-0.05, 0) is 36.8 Å². The lowest BCUT2D eigenvalue weighted by Gasteiger charge is -2.15. The van der Waals surface area contributed by atoms with E-state index in [2.05, 4.69) is 5.32 Å². The summed E-state index contributed by atoms with van der Waals surface area (Å²) >= 11 is 4.81. The van der Waals surface area contributed by atoms with Crippen molar-refractivity contribution in [3.63, 3.8) is 0 Å². The van der Waals surface area contributed by atoms with Gasteiger partial charge < -0.3 is 15.8 Å². The van der Waals surface area contributed by atoms with Crippen molar-refractivity contribution in [2.45, 2.75) is 13.0 Å². The van der Waals surface area contributed by atoms with Gasteiger partial charge in [0.15, 0.2) is 5.11 Å². The van der Waals surface area contributed by atoms with Crippen LogP contribution in [0.4, 0.5) is 5.69 Å². The van der Waals surface area contributed by atoms with Crippen molar-refractivity contribution in [3.05, 3.63) is 60.2 Å².